The molecule has 1 aromatic rings. The molecule has 0 aromatic carbocycles. The average molecular weight is 280 g/mol. The van der Waals surface area contributed by atoms with Gasteiger partial charge in [0.2, 0.25) is 0 Å². The highest BCUT2D eigenvalue weighted by Crippen LogP contribution is 2.46. The fourth-order valence-electron chi connectivity index (χ4n) is 2.12. The van der Waals surface area contributed by atoms with Crippen molar-refractivity contribution >= 4 is 21.7 Å². The maximum absolute atomic E-state index is 8.85. The van der Waals surface area contributed by atoms with Crippen LogP contribution in [0.5, 0.6) is 0 Å². The minimum atomic E-state index is -0.338. The fraction of sp³-hybridized carbons (Fsp3) is 0.500. The van der Waals surface area contributed by atoms with Gasteiger partial charge in [-0.25, -0.2) is 0 Å². The van der Waals surface area contributed by atoms with Crippen LogP contribution in [0.2, 0.25) is 0 Å². The van der Waals surface area contributed by atoms with Gasteiger partial charge in [-0.3, -0.25) is 4.68 Å². The molecule has 6 heteroatoms. The number of hydrogen-bond donors (Lipinski definition) is 1. The third-order valence-corrected chi connectivity index (χ3v) is 3.64. The van der Waals surface area contributed by atoms with E-state index in [9.17, 15) is 0 Å². The molecule has 0 spiro atoms. The van der Waals surface area contributed by atoms with Crippen molar-refractivity contribution in [2.45, 2.75) is 24.8 Å². The van der Waals surface area contributed by atoms with Crippen molar-refractivity contribution in [3.05, 3.63) is 10.7 Å². The first-order chi connectivity index (χ1) is 7.61. The molecule has 82 valence electrons. The summed E-state index contributed by atoms with van der Waals surface area (Å²) in [5.41, 5.74) is 5.31. The van der Waals surface area contributed by atoms with E-state index in [4.69, 9.17) is 16.3 Å². The zero-order chi connectivity index (χ0) is 11.8. The molecular formula is C10H10BrN5. The molecule has 1 heterocycles. The summed E-state index contributed by atoms with van der Waals surface area (Å²) in [4.78, 5) is 0. The Morgan fingerprint density at radius 2 is 2.31 bits per heavy atom. The molecule has 1 saturated carbocycles. The van der Waals surface area contributed by atoms with Gasteiger partial charge in [0, 0.05) is 6.20 Å². The number of aromatic nitrogens is 2. The van der Waals surface area contributed by atoms with Gasteiger partial charge in [0.15, 0.2) is 5.82 Å². The van der Waals surface area contributed by atoms with E-state index in [1.165, 1.54) is 0 Å². The van der Waals surface area contributed by atoms with Gasteiger partial charge in [0.05, 0.1) is 34.5 Å². The van der Waals surface area contributed by atoms with Gasteiger partial charge >= 0.3 is 0 Å². The van der Waals surface area contributed by atoms with E-state index in [0.717, 1.165) is 4.47 Å². The van der Waals surface area contributed by atoms with Crippen LogP contribution in [-0.2, 0) is 5.54 Å². The lowest BCUT2D eigenvalue weighted by atomic mass is 9.67. The molecular weight excluding hydrogens is 270 g/mol. The molecule has 0 unspecified atom stereocenters. The molecule has 1 aromatic heterocycles. The largest absolute Gasteiger partial charge is 0.381 e. The predicted molar refractivity (Wildman–Crippen MR) is 60.9 cm³/mol. The van der Waals surface area contributed by atoms with E-state index in [-0.39, 0.29) is 11.5 Å². The Labute approximate surface area is 102 Å². The molecule has 16 heavy (non-hydrogen) atoms. The van der Waals surface area contributed by atoms with E-state index in [1.54, 1.807) is 10.9 Å². The Kier molecular flexibility index (Phi) is 2.61. The van der Waals surface area contributed by atoms with Crippen LogP contribution in [-0.4, -0.2) is 9.78 Å². The predicted octanol–water partition coefficient (Wildman–Crippen LogP) is 1.77. The lowest BCUT2D eigenvalue weighted by molar-refractivity contribution is 0.0884. The number of hydrogen-bond acceptors (Lipinski definition) is 4. The van der Waals surface area contributed by atoms with Gasteiger partial charge in [-0.05, 0) is 28.8 Å². The van der Waals surface area contributed by atoms with Gasteiger partial charge < -0.3 is 5.73 Å². The number of halogens is 1. The van der Waals surface area contributed by atoms with E-state index >= 15 is 0 Å². The molecule has 0 amide bonds. The van der Waals surface area contributed by atoms with Gasteiger partial charge in [0.25, 0.3) is 0 Å². The summed E-state index contributed by atoms with van der Waals surface area (Å²) in [6, 6.07) is 4.37. The van der Waals surface area contributed by atoms with Crippen LogP contribution in [0.4, 0.5) is 5.82 Å². The number of rotatable bonds is 2. The smallest absolute Gasteiger partial charge is 0.159 e. The number of nitriles is 2. The second-order valence-electron chi connectivity index (χ2n) is 4.10. The van der Waals surface area contributed by atoms with Crippen LogP contribution in [0.1, 0.15) is 19.3 Å². The van der Waals surface area contributed by atoms with Crippen LogP contribution in [0.15, 0.2) is 10.7 Å². The van der Waals surface area contributed by atoms with Crippen LogP contribution in [0.25, 0.3) is 0 Å². The molecule has 1 aliphatic carbocycles. The summed E-state index contributed by atoms with van der Waals surface area (Å²) < 4.78 is 2.45. The zero-order valence-corrected chi connectivity index (χ0v) is 10.1. The molecule has 2 rings (SSSR count). The summed E-state index contributed by atoms with van der Waals surface area (Å²) in [5, 5.41) is 21.8. The maximum atomic E-state index is 8.85. The first kappa shape index (κ1) is 11.0. The molecule has 0 bridgehead atoms. The summed E-state index contributed by atoms with van der Waals surface area (Å²) in [7, 11) is 0. The van der Waals surface area contributed by atoms with Gasteiger partial charge in [-0.1, -0.05) is 0 Å². The maximum Gasteiger partial charge on any atom is 0.159 e. The molecule has 0 radical (unpaired) electrons. The third kappa shape index (κ3) is 1.56. The van der Waals surface area contributed by atoms with Crippen molar-refractivity contribution in [2.24, 2.45) is 5.92 Å². The first-order valence-electron chi connectivity index (χ1n) is 4.89. The highest BCUT2D eigenvalue weighted by molar-refractivity contribution is 9.10. The van der Waals surface area contributed by atoms with Crippen LogP contribution in [0, 0.1) is 28.6 Å². The highest BCUT2D eigenvalue weighted by Gasteiger charge is 2.46. The van der Waals surface area contributed by atoms with E-state index in [0.29, 0.717) is 25.1 Å². The topological polar surface area (TPSA) is 91.4 Å². The van der Waals surface area contributed by atoms with E-state index in [1.807, 2.05) is 0 Å². The lowest BCUT2D eigenvalue weighted by Gasteiger charge is -2.43. The minimum Gasteiger partial charge on any atom is -0.381 e. The highest BCUT2D eigenvalue weighted by atomic mass is 79.9. The third-order valence-electron chi connectivity index (χ3n) is 3.03. The van der Waals surface area contributed by atoms with Gasteiger partial charge in [-0.15, -0.1) is 0 Å². The molecule has 0 atom stereocenters. The number of nitrogens with two attached hydrogens (primary N) is 1. The zero-order valence-electron chi connectivity index (χ0n) is 8.52. The fourth-order valence-corrected chi connectivity index (χ4v) is 2.39. The molecule has 2 N–H and O–H groups in total. The van der Waals surface area contributed by atoms with Crippen LogP contribution in [0.3, 0.4) is 0 Å². The van der Waals surface area contributed by atoms with Crippen molar-refractivity contribution in [1.29, 1.82) is 10.5 Å². The van der Waals surface area contributed by atoms with E-state index < -0.39 is 0 Å². The SMILES string of the molecule is N#CC[C@]1(n2cc(Br)c(N)n2)C[C@@H](C#N)C1. The quantitative estimate of drug-likeness (QED) is 0.893. The molecule has 0 aliphatic heterocycles. The monoisotopic (exact) mass is 279 g/mol. The van der Waals surface area contributed by atoms with Crippen molar-refractivity contribution in [3.8, 4) is 12.1 Å². The van der Waals surface area contributed by atoms with Gasteiger partial charge in [-0.2, -0.15) is 15.6 Å². The second kappa shape index (κ2) is 3.80. The Bertz CT molecular complexity index is 467. The summed E-state index contributed by atoms with van der Waals surface area (Å²) in [6.07, 6.45) is 3.48. The van der Waals surface area contributed by atoms with Crippen molar-refractivity contribution < 1.29 is 0 Å². The first-order valence-corrected chi connectivity index (χ1v) is 5.68. The lowest BCUT2D eigenvalue weighted by Crippen LogP contribution is -2.46. The summed E-state index contributed by atoms with van der Waals surface area (Å²) >= 11 is 3.29. The minimum absolute atomic E-state index is 0.0255. The van der Waals surface area contributed by atoms with Crippen LogP contribution >= 0.6 is 15.9 Å². The van der Waals surface area contributed by atoms with Crippen molar-refractivity contribution in [2.75, 3.05) is 5.73 Å². The van der Waals surface area contributed by atoms with Crippen LogP contribution < -0.4 is 5.73 Å². The van der Waals surface area contributed by atoms with Crippen molar-refractivity contribution in [3.63, 3.8) is 0 Å². The van der Waals surface area contributed by atoms with Crippen molar-refractivity contribution in [1.82, 2.24) is 9.78 Å². The Hall–Kier alpha value is -1.53. The molecule has 1 fully saturated rings. The number of nitrogen functional groups attached to an aromatic ring is 1. The Morgan fingerprint density at radius 3 is 2.75 bits per heavy atom. The van der Waals surface area contributed by atoms with E-state index in [2.05, 4.69) is 33.2 Å². The summed E-state index contributed by atoms with van der Waals surface area (Å²) in [6.45, 7) is 0. The Morgan fingerprint density at radius 1 is 1.62 bits per heavy atom. The molecule has 0 saturated heterocycles. The normalized spacial score (nSPS) is 27.8. The second-order valence-corrected chi connectivity index (χ2v) is 4.95. The standard InChI is InChI=1S/C10H10BrN5/c11-8-6-16(15-9(8)14)10(1-2-12)3-7(4-10)5-13/h6-7H,1,3-4H2,(H2,14,15)/t7-,10+. The Balaban J connectivity index is 2.29. The summed E-state index contributed by atoms with van der Waals surface area (Å²) in [5.74, 6) is 0.440. The van der Waals surface area contributed by atoms with Gasteiger partial charge in [0.1, 0.15) is 0 Å². The number of nitrogens with zero attached hydrogens (tertiary/aromatic N) is 4. The average Bonchev–Trinajstić information content (AvgIpc) is 2.52. The molecule has 5 nitrogen and oxygen atoms in total. The number of anilines is 1. The molecule has 1 aliphatic rings.